The molecule has 2 aromatic rings. The normalized spacial score (nSPS) is 12.2. The third-order valence-electron chi connectivity index (χ3n) is 4.12. The van der Waals surface area contributed by atoms with Gasteiger partial charge in [-0.25, -0.2) is 0 Å². The van der Waals surface area contributed by atoms with E-state index in [-0.39, 0.29) is 40.5 Å². The van der Waals surface area contributed by atoms with E-state index in [1.165, 1.54) is 19.2 Å². The fourth-order valence-electron chi connectivity index (χ4n) is 2.79. The summed E-state index contributed by atoms with van der Waals surface area (Å²) in [5, 5.41) is 3.22. The Bertz CT molecular complexity index is 847. The predicted molar refractivity (Wildman–Crippen MR) is 109 cm³/mol. The molecular weight excluding hydrogens is 380 g/mol. The number of methoxy groups -OCH3 is 1. The number of amides is 2. The minimum Gasteiger partial charge on any atom is -0.493 e. The molecule has 7 heteroatoms. The predicted octanol–water partition coefficient (Wildman–Crippen LogP) is 3.73. The highest BCUT2D eigenvalue weighted by Crippen LogP contribution is 2.37. The summed E-state index contributed by atoms with van der Waals surface area (Å²) >= 11 is 6.25. The van der Waals surface area contributed by atoms with Crippen LogP contribution in [-0.2, 0) is 4.79 Å². The largest absolute Gasteiger partial charge is 0.493 e. The smallest absolute Gasteiger partial charge is 0.255 e. The number of nitrogens with one attached hydrogen (secondary N) is 1. The Morgan fingerprint density at radius 1 is 1.18 bits per heavy atom. The summed E-state index contributed by atoms with van der Waals surface area (Å²) in [6.07, 6.45) is 0. The van der Waals surface area contributed by atoms with E-state index in [0.717, 1.165) is 5.56 Å². The number of benzene rings is 2. The van der Waals surface area contributed by atoms with Crippen LogP contribution in [0.25, 0.3) is 0 Å². The maximum Gasteiger partial charge on any atom is 0.255 e. The minimum atomic E-state index is -0.643. The molecule has 150 valence electrons. The van der Waals surface area contributed by atoms with Gasteiger partial charge in [-0.05, 0) is 23.1 Å². The van der Waals surface area contributed by atoms with Crippen molar-refractivity contribution in [3.8, 4) is 11.5 Å². The molecule has 3 N–H and O–H groups in total. The van der Waals surface area contributed by atoms with E-state index in [4.69, 9.17) is 26.8 Å². The number of primary amides is 1. The zero-order valence-corrected chi connectivity index (χ0v) is 17.2. The van der Waals surface area contributed by atoms with Crippen LogP contribution in [0.3, 0.4) is 0 Å². The number of carbonyl (C=O) groups is 2. The Morgan fingerprint density at radius 2 is 1.82 bits per heavy atom. The van der Waals surface area contributed by atoms with Gasteiger partial charge in [0, 0.05) is 5.56 Å². The van der Waals surface area contributed by atoms with Crippen molar-refractivity contribution >= 4 is 23.4 Å². The van der Waals surface area contributed by atoms with Crippen molar-refractivity contribution in [2.45, 2.75) is 26.8 Å². The van der Waals surface area contributed by atoms with Gasteiger partial charge in [0.25, 0.3) is 11.8 Å². The van der Waals surface area contributed by atoms with E-state index in [0.29, 0.717) is 5.56 Å². The van der Waals surface area contributed by atoms with Gasteiger partial charge in [0.15, 0.2) is 18.1 Å². The maximum absolute atomic E-state index is 12.9. The van der Waals surface area contributed by atoms with Gasteiger partial charge in [-0.1, -0.05) is 62.7 Å². The zero-order valence-electron chi connectivity index (χ0n) is 16.4. The summed E-state index contributed by atoms with van der Waals surface area (Å²) in [6.45, 7) is 5.82. The fraction of sp³-hybridized carbons (Fsp3) is 0.333. The summed E-state index contributed by atoms with van der Waals surface area (Å²) in [6, 6.07) is 12.5. The number of nitrogens with two attached hydrogens (primary N) is 1. The molecule has 0 aliphatic heterocycles. The van der Waals surface area contributed by atoms with Crippen molar-refractivity contribution in [3.05, 3.63) is 58.6 Å². The standard InChI is InChI=1S/C21H25ClN2O4/c1-21(2,3)19(13-8-6-5-7-9-13)24-20(26)14-10-15(22)18(16(11-14)27-4)28-12-17(23)25/h5-11,19H,12H2,1-4H3,(H2,23,25)(H,24,26). The van der Waals surface area contributed by atoms with Crippen molar-refractivity contribution in [2.75, 3.05) is 13.7 Å². The van der Waals surface area contributed by atoms with E-state index in [1.54, 1.807) is 0 Å². The van der Waals surface area contributed by atoms with Crippen LogP contribution in [0.1, 0.15) is 42.7 Å². The van der Waals surface area contributed by atoms with Crippen LogP contribution in [0.15, 0.2) is 42.5 Å². The molecule has 0 saturated heterocycles. The summed E-state index contributed by atoms with van der Waals surface area (Å²) in [7, 11) is 1.42. The number of rotatable bonds is 7. The lowest BCUT2D eigenvalue weighted by atomic mass is 9.82. The molecule has 0 radical (unpaired) electrons. The van der Waals surface area contributed by atoms with E-state index in [9.17, 15) is 9.59 Å². The van der Waals surface area contributed by atoms with Crippen molar-refractivity contribution in [1.82, 2.24) is 5.32 Å². The summed E-state index contributed by atoms with van der Waals surface area (Å²) in [5.74, 6) is -0.540. The van der Waals surface area contributed by atoms with Gasteiger partial charge in [0.2, 0.25) is 0 Å². The zero-order chi connectivity index (χ0) is 20.9. The molecule has 0 saturated carbocycles. The van der Waals surface area contributed by atoms with E-state index in [1.807, 2.05) is 30.3 Å². The van der Waals surface area contributed by atoms with Gasteiger partial charge >= 0.3 is 0 Å². The minimum absolute atomic E-state index is 0.151. The molecule has 0 heterocycles. The maximum atomic E-state index is 12.9. The summed E-state index contributed by atoms with van der Waals surface area (Å²) in [5.41, 5.74) is 6.21. The van der Waals surface area contributed by atoms with Crippen LogP contribution in [0.2, 0.25) is 5.02 Å². The Morgan fingerprint density at radius 3 is 2.36 bits per heavy atom. The Kier molecular flexibility index (Phi) is 6.91. The van der Waals surface area contributed by atoms with Crippen LogP contribution in [0.5, 0.6) is 11.5 Å². The summed E-state index contributed by atoms with van der Waals surface area (Å²) < 4.78 is 10.6. The molecule has 0 bridgehead atoms. The third kappa shape index (κ3) is 5.39. The molecule has 0 aromatic heterocycles. The van der Waals surface area contributed by atoms with Crippen molar-refractivity contribution in [1.29, 1.82) is 0 Å². The molecule has 2 rings (SSSR count). The first-order valence-corrected chi connectivity index (χ1v) is 9.15. The highest BCUT2D eigenvalue weighted by Gasteiger charge is 2.28. The quantitative estimate of drug-likeness (QED) is 0.735. The lowest BCUT2D eigenvalue weighted by Crippen LogP contribution is -2.36. The van der Waals surface area contributed by atoms with Crippen LogP contribution in [0.4, 0.5) is 0 Å². The van der Waals surface area contributed by atoms with Crippen LogP contribution >= 0.6 is 11.6 Å². The second kappa shape index (κ2) is 8.97. The average molecular weight is 405 g/mol. The SMILES string of the molecule is COc1cc(C(=O)NC(c2ccccc2)C(C)(C)C)cc(Cl)c1OCC(N)=O. The van der Waals surface area contributed by atoms with Gasteiger partial charge in [-0.3, -0.25) is 9.59 Å². The first-order valence-electron chi connectivity index (χ1n) is 8.78. The topological polar surface area (TPSA) is 90.7 Å². The molecule has 2 aromatic carbocycles. The molecule has 0 aliphatic carbocycles. The van der Waals surface area contributed by atoms with Crippen molar-refractivity contribution < 1.29 is 19.1 Å². The van der Waals surface area contributed by atoms with E-state index >= 15 is 0 Å². The van der Waals surface area contributed by atoms with E-state index in [2.05, 4.69) is 26.1 Å². The number of hydrogen-bond acceptors (Lipinski definition) is 4. The molecular formula is C21H25ClN2O4. The molecule has 2 amide bonds. The molecule has 1 unspecified atom stereocenters. The highest BCUT2D eigenvalue weighted by atomic mass is 35.5. The number of halogens is 1. The first kappa shape index (κ1) is 21.6. The lowest BCUT2D eigenvalue weighted by molar-refractivity contribution is -0.119. The van der Waals surface area contributed by atoms with Crippen molar-refractivity contribution in [3.63, 3.8) is 0 Å². The monoisotopic (exact) mass is 404 g/mol. The van der Waals surface area contributed by atoms with Crippen LogP contribution in [0, 0.1) is 5.41 Å². The Balaban J connectivity index is 2.32. The van der Waals surface area contributed by atoms with Gasteiger partial charge in [0.1, 0.15) is 0 Å². The molecule has 0 aliphatic rings. The molecule has 28 heavy (non-hydrogen) atoms. The number of ether oxygens (including phenoxy) is 2. The first-order chi connectivity index (χ1) is 13.1. The van der Waals surface area contributed by atoms with Crippen LogP contribution < -0.4 is 20.5 Å². The fourth-order valence-corrected chi connectivity index (χ4v) is 3.06. The van der Waals surface area contributed by atoms with Crippen molar-refractivity contribution in [2.24, 2.45) is 11.1 Å². The molecule has 0 spiro atoms. The molecule has 1 atom stereocenters. The summed E-state index contributed by atoms with van der Waals surface area (Å²) in [4.78, 5) is 23.9. The Hall–Kier alpha value is -2.73. The molecule has 0 fully saturated rings. The van der Waals surface area contributed by atoms with Gasteiger partial charge in [-0.2, -0.15) is 0 Å². The third-order valence-corrected chi connectivity index (χ3v) is 4.41. The Labute approximate surface area is 170 Å². The second-order valence-corrected chi connectivity index (χ2v) is 7.83. The van der Waals surface area contributed by atoms with Gasteiger partial charge in [0.05, 0.1) is 18.2 Å². The number of carbonyl (C=O) groups excluding carboxylic acids is 2. The highest BCUT2D eigenvalue weighted by molar-refractivity contribution is 6.32. The molecule has 6 nitrogen and oxygen atoms in total. The lowest BCUT2D eigenvalue weighted by Gasteiger charge is -2.32. The second-order valence-electron chi connectivity index (χ2n) is 7.43. The number of hydrogen-bond donors (Lipinski definition) is 2. The average Bonchev–Trinajstić information content (AvgIpc) is 2.63. The van der Waals surface area contributed by atoms with Gasteiger partial charge in [-0.15, -0.1) is 0 Å². The van der Waals surface area contributed by atoms with Gasteiger partial charge < -0.3 is 20.5 Å². The van der Waals surface area contributed by atoms with E-state index < -0.39 is 5.91 Å². The van der Waals surface area contributed by atoms with Crippen LogP contribution in [-0.4, -0.2) is 25.5 Å².